The van der Waals surface area contributed by atoms with Gasteiger partial charge in [0.05, 0.1) is 7.11 Å². The van der Waals surface area contributed by atoms with Gasteiger partial charge in [0.1, 0.15) is 17.4 Å². The van der Waals surface area contributed by atoms with Gasteiger partial charge in [0.25, 0.3) is 5.91 Å². The molecule has 1 saturated carbocycles. The van der Waals surface area contributed by atoms with Crippen molar-refractivity contribution >= 4 is 24.0 Å². The fraction of sp³-hybridized carbons (Fsp3) is 0.429. The molecule has 1 aliphatic carbocycles. The molecule has 0 aromatic heterocycles. The number of hydrogen-bond acceptors (Lipinski definition) is 6. The molecule has 0 heterocycles. The van der Waals surface area contributed by atoms with E-state index in [1.165, 1.54) is 20.1 Å². The average molecular weight is 399 g/mol. The molecule has 0 radical (unpaired) electrons. The van der Waals surface area contributed by atoms with E-state index in [4.69, 9.17) is 9.47 Å². The third kappa shape index (κ3) is 6.96. The van der Waals surface area contributed by atoms with Gasteiger partial charge < -0.3 is 14.8 Å². The summed E-state index contributed by atoms with van der Waals surface area (Å²) >= 11 is 0. The van der Waals surface area contributed by atoms with Crippen molar-refractivity contribution in [3.63, 3.8) is 0 Å². The maximum Gasteiger partial charge on any atom is 0.349 e. The summed E-state index contributed by atoms with van der Waals surface area (Å²) in [7, 11) is 1.53. The molecule has 1 aromatic carbocycles. The Balaban J connectivity index is 1.89. The molecule has 0 bridgehead atoms. The predicted octanol–water partition coefficient (Wildman–Crippen LogP) is 2.69. The van der Waals surface area contributed by atoms with Gasteiger partial charge in [0, 0.05) is 6.04 Å². The van der Waals surface area contributed by atoms with E-state index in [1.807, 2.05) is 0 Å². The second-order valence-electron chi connectivity index (χ2n) is 6.79. The van der Waals surface area contributed by atoms with Crippen LogP contribution in [0.3, 0.4) is 0 Å². The number of nitriles is 1. The number of benzene rings is 1. The number of carbonyl (C=O) groups excluding carboxylic acids is 3. The summed E-state index contributed by atoms with van der Waals surface area (Å²) in [6.07, 6.45) is 5.13. The molecular formula is C21H25N3O5. The number of imide groups is 1. The van der Waals surface area contributed by atoms with Crippen LogP contribution in [0.5, 0.6) is 5.75 Å². The lowest BCUT2D eigenvalue weighted by atomic mass is 9.96. The van der Waals surface area contributed by atoms with Gasteiger partial charge in [-0.2, -0.15) is 5.26 Å². The van der Waals surface area contributed by atoms with Crippen LogP contribution in [0.15, 0.2) is 29.8 Å². The third-order valence-corrected chi connectivity index (χ3v) is 4.60. The third-order valence-electron chi connectivity index (χ3n) is 4.60. The molecule has 1 aliphatic rings. The zero-order valence-corrected chi connectivity index (χ0v) is 16.6. The largest absolute Gasteiger partial charge is 0.497 e. The quantitative estimate of drug-likeness (QED) is 0.431. The van der Waals surface area contributed by atoms with Gasteiger partial charge in [-0.05, 0) is 43.5 Å². The van der Waals surface area contributed by atoms with E-state index < -0.39 is 24.0 Å². The Morgan fingerprint density at radius 3 is 2.41 bits per heavy atom. The van der Waals surface area contributed by atoms with Crippen LogP contribution in [0.4, 0.5) is 4.79 Å². The fourth-order valence-electron chi connectivity index (χ4n) is 2.96. The Bertz CT molecular complexity index is 805. The van der Waals surface area contributed by atoms with E-state index in [2.05, 4.69) is 10.6 Å². The van der Waals surface area contributed by atoms with Gasteiger partial charge >= 0.3 is 12.0 Å². The topological polar surface area (TPSA) is 118 Å². The van der Waals surface area contributed by atoms with E-state index in [0.717, 1.165) is 32.1 Å². The van der Waals surface area contributed by atoms with Crippen LogP contribution in [0.2, 0.25) is 0 Å². The Morgan fingerprint density at radius 2 is 1.83 bits per heavy atom. The van der Waals surface area contributed by atoms with Crippen LogP contribution in [-0.4, -0.2) is 37.2 Å². The van der Waals surface area contributed by atoms with Crippen molar-refractivity contribution < 1.29 is 23.9 Å². The molecule has 3 amide bonds. The number of amides is 3. The molecular weight excluding hydrogens is 374 g/mol. The number of methoxy groups -OCH3 is 1. The summed E-state index contributed by atoms with van der Waals surface area (Å²) in [5.74, 6) is -1.06. The molecule has 1 atom stereocenters. The number of hydrogen-bond donors (Lipinski definition) is 2. The van der Waals surface area contributed by atoms with Crippen molar-refractivity contribution in [1.82, 2.24) is 10.6 Å². The smallest absolute Gasteiger partial charge is 0.349 e. The lowest BCUT2D eigenvalue weighted by Gasteiger charge is -2.23. The standard InChI is InChI=1S/C21H25N3O5/c1-14(19(25)24-21(27)23-17-6-4-3-5-7-17)29-20(26)16(13-22)12-15-8-10-18(28-2)11-9-15/h8-12,14,17H,3-7H2,1-2H3,(H2,23,24,25,27)/b16-12+/t14-/m1/s1. The highest BCUT2D eigenvalue weighted by Crippen LogP contribution is 2.17. The van der Waals surface area contributed by atoms with Crippen molar-refractivity contribution in [2.75, 3.05) is 7.11 Å². The minimum absolute atomic E-state index is 0.0482. The molecule has 2 N–H and O–H groups in total. The normalized spacial score (nSPS) is 15.6. The summed E-state index contributed by atoms with van der Waals surface area (Å²) in [6.45, 7) is 1.34. The summed E-state index contributed by atoms with van der Waals surface area (Å²) in [5, 5.41) is 14.1. The zero-order valence-electron chi connectivity index (χ0n) is 16.6. The molecule has 2 rings (SSSR count). The second kappa shape index (κ2) is 10.9. The van der Waals surface area contributed by atoms with Crippen molar-refractivity contribution in [2.24, 2.45) is 0 Å². The molecule has 29 heavy (non-hydrogen) atoms. The van der Waals surface area contributed by atoms with E-state index in [0.29, 0.717) is 11.3 Å². The maximum atomic E-state index is 12.2. The van der Waals surface area contributed by atoms with Crippen LogP contribution in [0.1, 0.15) is 44.6 Å². The number of ether oxygens (including phenoxy) is 2. The Labute approximate surface area is 169 Å². The van der Waals surface area contributed by atoms with Gasteiger partial charge in [0.15, 0.2) is 6.10 Å². The van der Waals surface area contributed by atoms with E-state index in [-0.39, 0.29) is 11.6 Å². The van der Waals surface area contributed by atoms with Gasteiger partial charge in [-0.25, -0.2) is 9.59 Å². The van der Waals surface area contributed by atoms with E-state index in [9.17, 15) is 19.6 Å². The van der Waals surface area contributed by atoms with Gasteiger partial charge in [-0.15, -0.1) is 0 Å². The molecule has 8 nitrogen and oxygen atoms in total. The Morgan fingerprint density at radius 1 is 1.17 bits per heavy atom. The number of esters is 1. The van der Waals surface area contributed by atoms with Crippen molar-refractivity contribution in [2.45, 2.75) is 51.2 Å². The zero-order chi connectivity index (χ0) is 21.2. The number of urea groups is 1. The van der Waals surface area contributed by atoms with Gasteiger partial charge in [0.2, 0.25) is 0 Å². The number of nitrogens with one attached hydrogen (secondary N) is 2. The highest BCUT2D eigenvalue weighted by Gasteiger charge is 2.23. The van der Waals surface area contributed by atoms with Crippen molar-refractivity contribution in [1.29, 1.82) is 5.26 Å². The molecule has 8 heteroatoms. The van der Waals surface area contributed by atoms with Crippen LogP contribution in [0.25, 0.3) is 6.08 Å². The fourth-order valence-corrected chi connectivity index (χ4v) is 2.96. The minimum Gasteiger partial charge on any atom is -0.497 e. The lowest BCUT2D eigenvalue weighted by Crippen LogP contribution is -2.48. The van der Waals surface area contributed by atoms with E-state index in [1.54, 1.807) is 30.3 Å². The summed E-state index contributed by atoms with van der Waals surface area (Å²) in [6, 6.07) is 7.93. The number of rotatable bonds is 6. The molecule has 1 aromatic rings. The Kier molecular flexibility index (Phi) is 8.22. The van der Waals surface area contributed by atoms with E-state index >= 15 is 0 Å². The van der Waals surface area contributed by atoms with Crippen LogP contribution in [-0.2, 0) is 14.3 Å². The molecule has 154 valence electrons. The average Bonchev–Trinajstić information content (AvgIpc) is 2.72. The maximum absolute atomic E-state index is 12.2. The first-order valence-electron chi connectivity index (χ1n) is 9.51. The van der Waals surface area contributed by atoms with Crippen LogP contribution < -0.4 is 15.4 Å². The summed E-state index contributed by atoms with van der Waals surface area (Å²) < 4.78 is 10.1. The van der Waals surface area contributed by atoms with Crippen LogP contribution in [0, 0.1) is 11.3 Å². The first-order chi connectivity index (χ1) is 13.9. The predicted molar refractivity (Wildman–Crippen MR) is 106 cm³/mol. The van der Waals surface area contributed by atoms with Gasteiger partial charge in [-0.1, -0.05) is 31.4 Å². The van der Waals surface area contributed by atoms with Crippen molar-refractivity contribution in [3.8, 4) is 11.8 Å². The number of carbonyl (C=O) groups is 3. The molecule has 1 fully saturated rings. The summed E-state index contributed by atoms with van der Waals surface area (Å²) in [5.41, 5.74) is 0.338. The highest BCUT2D eigenvalue weighted by molar-refractivity contribution is 6.01. The first kappa shape index (κ1) is 22.0. The molecule has 0 saturated heterocycles. The first-order valence-corrected chi connectivity index (χ1v) is 9.51. The Hall–Kier alpha value is -3.34. The SMILES string of the molecule is COc1ccc(/C=C(\C#N)C(=O)O[C@H](C)C(=O)NC(=O)NC2CCCCC2)cc1. The highest BCUT2D eigenvalue weighted by atomic mass is 16.5. The van der Waals surface area contributed by atoms with Gasteiger partial charge in [-0.3, -0.25) is 10.1 Å². The van der Waals surface area contributed by atoms with Crippen LogP contribution >= 0.6 is 0 Å². The second-order valence-corrected chi connectivity index (χ2v) is 6.79. The molecule has 0 spiro atoms. The number of nitrogens with zero attached hydrogens (tertiary/aromatic N) is 1. The summed E-state index contributed by atoms with van der Waals surface area (Å²) in [4.78, 5) is 36.2. The minimum atomic E-state index is -1.23. The lowest BCUT2D eigenvalue weighted by molar-refractivity contribution is -0.150. The molecule has 0 unspecified atom stereocenters. The van der Waals surface area contributed by atoms with Crippen molar-refractivity contribution in [3.05, 3.63) is 35.4 Å². The molecule has 0 aliphatic heterocycles. The monoisotopic (exact) mass is 399 g/mol.